The zero-order valence-corrected chi connectivity index (χ0v) is 9.00. The Labute approximate surface area is 97.2 Å². The quantitative estimate of drug-likeness (QED) is 0.543. The molecule has 0 radical (unpaired) electrons. The van der Waals surface area contributed by atoms with Crippen LogP contribution in [-0.4, -0.2) is 13.2 Å². The van der Waals surface area contributed by atoms with Gasteiger partial charge in [-0.2, -0.15) is 9.46 Å². The predicted octanol–water partition coefficient (Wildman–Crippen LogP) is -0.275. The Hall–Kier alpha value is -1.92. The van der Waals surface area contributed by atoms with Gasteiger partial charge in [0.2, 0.25) is 6.23 Å². The fourth-order valence-corrected chi connectivity index (χ4v) is 1.99. The van der Waals surface area contributed by atoms with Gasteiger partial charge in [0.1, 0.15) is 0 Å². The van der Waals surface area contributed by atoms with Gasteiger partial charge in [-0.15, -0.1) is 0 Å². The van der Waals surface area contributed by atoms with Gasteiger partial charge in [-0.05, 0) is 0 Å². The summed E-state index contributed by atoms with van der Waals surface area (Å²) in [6.45, 7) is 1.21. The van der Waals surface area contributed by atoms with Crippen LogP contribution in [0.1, 0.15) is 11.9 Å². The Balaban J connectivity index is 2.22. The zero-order chi connectivity index (χ0) is 11.8. The highest BCUT2D eigenvalue weighted by Gasteiger charge is 2.29. The molecular weight excluding hydrogens is 222 g/mol. The van der Waals surface area contributed by atoms with Gasteiger partial charge in [-0.25, -0.2) is 0 Å². The van der Waals surface area contributed by atoms with Crippen molar-refractivity contribution in [1.82, 2.24) is 5.32 Å². The molecule has 0 saturated carbocycles. The lowest BCUT2D eigenvalue weighted by Gasteiger charge is -2.11. The van der Waals surface area contributed by atoms with Crippen molar-refractivity contribution in [2.75, 3.05) is 13.2 Å². The molecule has 1 unspecified atom stereocenters. The Morgan fingerprint density at radius 3 is 2.71 bits per heavy atom. The third-order valence-corrected chi connectivity index (χ3v) is 2.81. The second-order valence-corrected chi connectivity index (χ2v) is 3.87. The molecule has 17 heavy (non-hydrogen) atoms. The summed E-state index contributed by atoms with van der Waals surface area (Å²) < 4.78 is 6.78. The molecule has 1 N–H and O–H groups in total. The Morgan fingerprint density at radius 1 is 1.24 bits per heavy atom. The second kappa shape index (κ2) is 3.83. The number of ether oxygens (including phenoxy) is 1. The van der Waals surface area contributed by atoms with E-state index < -0.39 is 6.23 Å². The average molecular weight is 233 g/mol. The maximum atomic E-state index is 12.1. The minimum atomic E-state index is -0.502. The first-order valence-corrected chi connectivity index (χ1v) is 5.37. The van der Waals surface area contributed by atoms with Crippen molar-refractivity contribution in [3.05, 3.63) is 46.6 Å². The van der Waals surface area contributed by atoms with Crippen LogP contribution >= 0.6 is 0 Å². The van der Waals surface area contributed by atoms with Gasteiger partial charge in [-0.1, -0.05) is 12.1 Å². The van der Waals surface area contributed by atoms with Crippen LogP contribution < -0.4 is 14.8 Å². The highest BCUT2D eigenvalue weighted by atomic mass is 16.5. The van der Waals surface area contributed by atoms with Crippen LogP contribution in [0.2, 0.25) is 0 Å². The lowest BCUT2D eigenvalue weighted by molar-refractivity contribution is -0.638. The van der Waals surface area contributed by atoms with E-state index in [4.69, 9.17) is 4.74 Å². The van der Waals surface area contributed by atoms with Crippen molar-refractivity contribution in [2.45, 2.75) is 6.23 Å². The van der Waals surface area contributed by atoms with Crippen molar-refractivity contribution < 1.29 is 14.2 Å². The molecule has 6 heteroatoms. The van der Waals surface area contributed by atoms with Crippen molar-refractivity contribution in [3.63, 3.8) is 0 Å². The van der Waals surface area contributed by atoms with E-state index in [2.05, 4.69) is 5.32 Å². The molecule has 1 saturated heterocycles. The van der Waals surface area contributed by atoms with Crippen LogP contribution in [0.25, 0.3) is 11.0 Å². The van der Waals surface area contributed by atoms with E-state index in [1.165, 1.54) is 6.20 Å². The van der Waals surface area contributed by atoms with Gasteiger partial charge in [-0.3, -0.25) is 5.32 Å². The van der Waals surface area contributed by atoms with E-state index in [0.717, 1.165) is 4.73 Å². The zero-order valence-electron chi connectivity index (χ0n) is 9.00. The third-order valence-electron chi connectivity index (χ3n) is 2.81. The molecule has 1 aromatic carbocycles. The molecule has 1 aliphatic rings. The highest BCUT2D eigenvalue weighted by Crippen LogP contribution is 2.15. The van der Waals surface area contributed by atoms with Gasteiger partial charge < -0.3 is 15.2 Å². The van der Waals surface area contributed by atoms with Gasteiger partial charge >= 0.3 is 5.69 Å². The number of rotatable bonds is 1. The summed E-state index contributed by atoms with van der Waals surface area (Å²) >= 11 is 0. The summed E-state index contributed by atoms with van der Waals surface area (Å²) in [4.78, 5) is 0. The topological polar surface area (TPSA) is 75.1 Å². The molecular formula is C11H11N3O3. The first kappa shape index (κ1) is 10.2. The molecule has 1 aliphatic heterocycles. The minimum absolute atomic E-state index is 0.288. The fraction of sp³-hybridized carbons (Fsp3) is 0.273. The minimum Gasteiger partial charge on any atom is -0.618 e. The van der Waals surface area contributed by atoms with E-state index in [-0.39, 0.29) is 5.69 Å². The van der Waals surface area contributed by atoms with Gasteiger partial charge in [0, 0.05) is 18.7 Å². The average Bonchev–Trinajstić information content (AvgIpc) is 2.87. The fourth-order valence-electron chi connectivity index (χ4n) is 1.99. The third kappa shape index (κ3) is 1.58. The normalized spacial score (nSPS) is 19.9. The summed E-state index contributed by atoms with van der Waals surface area (Å²) in [5, 5.41) is 26.9. The van der Waals surface area contributed by atoms with Crippen LogP contribution in [0.4, 0.5) is 0 Å². The molecule has 0 amide bonds. The van der Waals surface area contributed by atoms with Crippen molar-refractivity contribution >= 4 is 11.0 Å². The number of benzene rings is 1. The largest absolute Gasteiger partial charge is 0.618 e. The Morgan fingerprint density at radius 2 is 2.00 bits per heavy atom. The van der Waals surface area contributed by atoms with Crippen LogP contribution in [0, 0.1) is 10.4 Å². The lowest BCUT2D eigenvalue weighted by Crippen LogP contribution is -2.44. The van der Waals surface area contributed by atoms with Gasteiger partial charge in [0.25, 0.3) is 17.2 Å². The van der Waals surface area contributed by atoms with Crippen LogP contribution in [0.15, 0.2) is 30.5 Å². The summed E-state index contributed by atoms with van der Waals surface area (Å²) in [5.41, 5.74) is 0.984. The molecule has 0 aliphatic carbocycles. The summed E-state index contributed by atoms with van der Waals surface area (Å²) in [6.07, 6.45) is 0.760. The maximum absolute atomic E-state index is 12.1. The molecule has 6 nitrogen and oxygen atoms in total. The number of fused-ring (bicyclic) bond motifs is 1. The lowest BCUT2D eigenvalue weighted by atomic mass is 10.3. The molecule has 0 spiro atoms. The van der Waals surface area contributed by atoms with E-state index in [9.17, 15) is 10.4 Å². The first-order valence-electron chi connectivity index (χ1n) is 5.37. The molecule has 88 valence electrons. The number of hydrogen-bond donors (Lipinski definition) is 1. The van der Waals surface area contributed by atoms with E-state index in [0.29, 0.717) is 28.9 Å². The number of aromatic nitrogens is 2. The second-order valence-electron chi connectivity index (χ2n) is 3.87. The van der Waals surface area contributed by atoms with Gasteiger partial charge in [0.15, 0.2) is 0 Å². The summed E-state index contributed by atoms with van der Waals surface area (Å²) in [5.74, 6) is 0. The molecule has 3 rings (SSSR count). The van der Waals surface area contributed by atoms with Crippen LogP contribution in [-0.2, 0) is 4.74 Å². The molecule has 1 atom stereocenters. The Bertz CT molecular complexity index is 567. The van der Waals surface area contributed by atoms with Gasteiger partial charge in [0.05, 0.1) is 6.61 Å². The van der Waals surface area contributed by atoms with E-state index in [1.54, 1.807) is 24.3 Å². The predicted molar refractivity (Wildman–Crippen MR) is 58.6 cm³/mol. The smallest absolute Gasteiger partial charge is 0.302 e. The number of hydrogen-bond acceptors (Lipinski definition) is 4. The molecule has 2 heterocycles. The van der Waals surface area contributed by atoms with Crippen molar-refractivity contribution in [2.24, 2.45) is 0 Å². The molecule has 0 bridgehead atoms. The molecule has 2 aromatic rings. The Kier molecular flexibility index (Phi) is 2.31. The van der Waals surface area contributed by atoms with Crippen molar-refractivity contribution in [1.29, 1.82) is 0 Å². The van der Waals surface area contributed by atoms with Crippen molar-refractivity contribution in [3.8, 4) is 0 Å². The highest BCUT2D eigenvalue weighted by molar-refractivity contribution is 5.67. The van der Waals surface area contributed by atoms with E-state index in [1.807, 2.05) is 0 Å². The summed E-state index contributed by atoms with van der Waals surface area (Å²) in [6, 6.07) is 6.68. The molecule has 1 fully saturated rings. The monoisotopic (exact) mass is 233 g/mol. The molecule has 1 aromatic heterocycles. The van der Waals surface area contributed by atoms with E-state index >= 15 is 0 Å². The summed E-state index contributed by atoms with van der Waals surface area (Å²) in [7, 11) is 0. The number of para-hydroxylation sites is 2. The number of nitrogens with zero attached hydrogens (tertiary/aromatic N) is 2. The first-order chi connectivity index (χ1) is 8.27. The SMILES string of the molecule is [O-][n+]1cc(C2NCCO2)[n+]([O-])c2ccccc21. The van der Waals surface area contributed by atoms with Crippen LogP contribution in [0.3, 0.4) is 0 Å². The van der Waals surface area contributed by atoms with Crippen LogP contribution in [0.5, 0.6) is 0 Å². The maximum Gasteiger partial charge on any atom is 0.302 e. The number of nitrogens with one attached hydrogen (secondary N) is 1. The standard InChI is InChI=1S/C11H11N3O3/c15-13-7-10(11-12-5-6-17-11)14(16)9-4-2-1-3-8(9)13/h1-4,7,11-12H,5-6H2.